The van der Waals surface area contributed by atoms with E-state index in [1.807, 2.05) is 0 Å². The minimum atomic E-state index is -1.03. The van der Waals surface area contributed by atoms with Crippen LogP contribution in [0.2, 0.25) is 3.43 Å². The second kappa shape index (κ2) is 11.1. The Morgan fingerprint density at radius 3 is 1.96 bits per heavy atom. The zero-order chi connectivity index (χ0) is 17.1. The third-order valence-electron chi connectivity index (χ3n) is 4.53. The second-order valence-corrected chi connectivity index (χ2v) is 11.8. The molecule has 0 aliphatic carbocycles. The van der Waals surface area contributed by atoms with Crippen molar-refractivity contribution in [3.63, 3.8) is 0 Å². The van der Waals surface area contributed by atoms with Gasteiger partial charge in [-0.05, 0) is 0 Å². The van der Waals surface area contributed by atoms with Crippen LogP contribution in [0.3, 0.4) is 0 Å². The van der Waals surface area contributed by atoms with Gasteiger partial charge in [0.2, 0.25) is 0 Å². The Kier molecular flexibility index (Phi) is 9.86. The van der Waals surface area contributed by atoms with Crippen LogP contribution in [0, 0.1) is 17.1 Å². The van der Waals surface area contributed by atoms with Crippen LogP contribution < -0.4 is 3.58 Å². The number of hydrogen-bond acceptors (Lipinski definition) is 1. The van der Waals surface area contributed by atoms with Gasteiger partial charge in [0.05, 0.1) is 0 Å². The molecule has 0 saturated carbocycles. The van der Waals surface area contributed by atoms with Crippen molar-refractivity contribution in [1.82, 2.24) is 0 Å². The fourth-order valence-electron chi connectivity index (χ4n) is 3.11. The third kappa shape index (κ3) is 6.83. The molecular weight excluding hydrogens is 392 g/mol. The number of hydrogen-bond donors (Lipinski definition) is 0. The first kappa shape index (κ1) is 20.5. The van der Waals surface area contributed by atoms with E-state index in [4.69, 9.17) is 0 Å². The van der Waals surface area contributed by atoms with Gasteiger partial charge in [0.1, 0.15) is 0 Å². The van der Waals surface area contributed by atoms with Crippen molar-refractivity contribution in [3.05, 3.63) is 29.6 Å². The molecule has 126 valence electrons. The number of benzene rings is 1. The summed E-state index contributed by atoms with van der Waals surface area (Å²) in [5.74, 6) is -0.185. The molecule has 0 aliphatic rings. The maximum absolute atomic E-state index is 13.7. The molecule has 1 nitrogen and oxygen atoms in total. The van der Waals surface area contributed by atoms with E-state index in [1.165, 1.54) is 63.9 Å². The molecule has 1 aromatic rings. The zero-order valence-electron chi connectivity index (χ0n) is 14.9. The van der Waals surface area contributed by atoms with E-state index in [1.54, 1.807) is 12.1 Å². The van der Waals surface area contributed by atoms with E-state index >= 15 is 0 Å². The number of halogens is 1. The van der Waals surface area contributed by atoms with Gasteiger partial charge in [0.15, 0.2) is 0 Å². The first-order valence-electron chi connectivity index (χ1n) is 9.08. The van der Waals surface area contributed by atoms with Crippen LogP contribution in [-0.2, 0) is 0 Å². The van der Waals surface area contributed by atoms with E-state index in [0.717, 1.165) is 3.58 Å². The van der Waals surface area contributed by atoms with Crippen molar-refractivity contribution in [2.24, 2.45) is 0 Å². The molecule has 0 heterocycles. The topological polar surface area (TPSA) is 23.8 Å². The molecule has 0 aliphatic heterocycles. The normalized spacial score (nSPS) is 11.4. The Hall–Kier alpha value is -0.561. The van der Waals surface area contributed by atoms with Gasteiger partial charge in [-0.1, -0.05) is 0 Å². The number of rotatable bonds is 11. The predicted molar refractivity (Wildman–Crippen MR) is 97.8 cm³/mol. The van der Waals surface area contributed by atoms with Crippen LogP contribution in [0.25, 0.3) is 0 Å². The fourth-order valence-corrected chi connectivity index (χ4v) is 8.71. The van der Waals surface area contributed by atoms with Crippen molar-refractivity contribution < 1.29 is 4.39 Å². The fraction of sp³-hybridized carbons (Fsp3) is 0.650. The van der Waals surface area contributed by atoms with Crippen LogP contribution in [0.4, 0.5) is 4.39 Å². The van der Waals surface area contributed by atoms with Crippen LogP contribution in [-0.4, -0.2) is 21.1 Å². The van der Waals surface area contributed by atoms with Crippen molar-refractivity contribution >= 4 is 24.7 Å². The minimum absolute atomic E-state index is 0.185. The summed E-state index contributed by atoms with van der Waals surface area (Å²) in [5, 5.41) is 9.39. The Balaban J connectivity index is 3.10. The van der Waals surface area contributed by atoms with Crippen molar-refractivity contribution in [3.8, 4) is 6.07 Å². The molecule has 0 bridgehead atoms. The summed E-state index contributed by atoms with van der Waals surface area (Å²) in [5.41, 5.74) is 0.715. The summed E-state index contributed by atoms with van der Waals surface area (Å²) in [6, 6.07) is 7.05. The summed E-state index contributed by atoms with van der Waals surface area (Å²) in [4.78, 5) is 0. The Morgan fingerprint density at radius 1 is 1.00 bits per heavy atom. The third-order valence-corrected chi connectivity index (χ3v) is 10.1. The van der Waals surface area contributed by atoms with Crippen molar-refractivity contribution in [1.29, 1.82) is 5.26 Å². The molecule has 0 aromatic heterocycles. The summed E-state index contributed by atoms with van der Waals surface area (Å²) >= 11 is -1.03. The zero-order valence-corrected chi connectivity index (χ0v) is 17.8. The molecule has 2 radical (unpaired) electrons. The van der Waals surface area contributed by atoms with Gasteiger partial charge in [-0.15, -0.1) is 0 Å². The van der Waals surface area contributed by atoms with Gasteiger partial charge < -0.3 is 0 Å². The maximum atomic E-state index is 13.7. The van der Waals surface area contributed by atoms with Crippen molar-refractivity contribution in [2.45, 2.75) is 82.0 Å². The van der Waals surface area contributed by atoms with Gasteiger partial charge in [0, 0.05) is 0 Å². The second-order valence-electron chi connectivity index (χ2n) is 6.52. The predicted octanol–water partition coefficient (Wildman–Crippen LogP) is 5.76. The van der Waals surface area contributed by atoms with Crippen LogP contribution in [0.15, 0.2) is 18.2 Å². The SMILES string of the molecule is CCCC[C](CCCC)(CCCC)[Sn][c]1cc(F)ccc1C#N. The molecule has 0 fully saturated rings. The molecule has 0 spiro atoms. The van der Waals surface area contributed by atoms with E-state index in [9.17, 15) is 9.65 Å². The Morgan fingerprint density at radius 2 is 1.52 bits per heavy atom. The average molecular weight is 422 g/mol. The first-order valence-corrected chi connectivity index (χ1v) is 11.9. The van der Waals surface area contributed by atoms with Crippen LogP contribution in [0.5, 0.6) is 0 Å². The Labute approximate surface area is 151 Å². The summed E-state index contributed by atoms with van der Waals surface area (Å²) in [6.45, 7) is 6.75. The summed E-state index contributed by atoms with van der Waals surface area (Å²) in [7, 11) is 0. The van der Waals surface area contributed by atoms with E-state index in [-0.39, 0.29) is 5.82 Å². The molecule has 3 heteroatoms. The molecule has 0 unspecified atom stereocenters. The molecule has 0 amide bonds. The van der Waals surface area contributed by atoms with E-state index in [0.29, 0.717) is 8.99 Å². The van der Waals surface area contributed by atoms with Gasteiger partial charge in [-0.2, -0.15) is 0 Å². The monoisotopic (exact) mass is 423 g/mol. The summed E-state index contributed by atoms with van der Waals surface area (Å²) in [6.07, 6.45) is 11.2. The molecule has 0 saturated heterocycles. The Bertz CT molecular complexity index is 485. The first-order chi connectivity index (χ1) is 11.1. The molecule has 23 heavy (non-hydrogen) atoms. The quantitative estimate of drug-likeness (QED) is 0.417. The van der Waals surface area contributed by atoms with Crippen molar-refractivity contribution in [2.75, 3.05) is 0 Å². The molecule has 1 rings (SSSR count). The van der Waals surface area contributed by atoms with Crippen LogP contribution >= 0.6 is 0 Å². The van der Waals surface area contributed by atoms with Gasteiger partial charge in [-0.3, -0.25) is 0 Å². The summed E-state index contributed by atoms with van der Waals surface area (Å²) < 4.78 is 15.2. The number of unbranched alkanes of at least 4 members (excludes halogenated alkanes) is 3. The van der Waals surface area contributed by atoms with Gasteiger partial charge in [-0.25, -0.2) is 0 Å². The number of nitriles is 1. The molecular formula is C20H30FNSn. The number of nitrogens with zero attached hydrogens (tertiary/aromatic N) is 1. The van der Waals surface area contributed by atoms with Gasteiger partial charge in [0.25, 0.3) is 0 Å². The molecule has 1 aromatic carbocycles. The average Bonchev–Trinajstić information content (AvgIpc) is 2.56. The van der Waals surface area contributed by atoms with E-state index in [2.05, 4.69) is 26.8 Å². The van der Waals surface area contributed by atoms with Gasteiger partial charge >= 0.3 is 152 Å². The van der Waals surface area contributed by atoms with E-state index < -0.39 is 21.1 Å². The standard InChI is InChI=1S/C13H27.C7H3FN.Sn/c1-4-7-10-13(11-8-5-2)12-9-6-3;8-7-3-1-6(5-9)2-4-7;/h4-12H2,1-3H3;1,3-4H;. The molecule has 0 atom stereocenters. The molecule has 0 N–H and O–H groups in total. The van der Waals surface area contributed by atoms with Crippen LogP contribution in [0.1, 0.15) is 84.1 Å².